The molecule has 0 aromatic heterocycles. The first-order valence-corrected chi connectivity index (χ1v) is 8.52. The maximum Gasteiger partial charge on any atom is 0.307 e. The molecular weight excluding hydrogens is 330 g/mol. The second-order valence-corrected chi connectivity index (χ2v) is 6.35. The number of benzene rings is 2. The van der Waals surface area contributed by atoms with Crippen LogP contribution in [0, 0.1) is 20.8 Å². The van der Waals surface area contributed by atoms with Gasteiger partial charge in [0.1, 0.15) is 5.75 Å². The fourth-order valence-corrected chi connectivity index (χ4v) is 2.49. The van der Waals surface area contributed by atoms with Crippen molar-refractivity contribution in [2.75, 3.05) is 13.7 Å². The first-order chi connectivity index (χ1) is 12.4. The molecule has 0 radical (unpaired) electrons. The number of carbonyl (C=O) groups excluding carboxylic acids is 2. The van der Waals surface area contributed by atoms with Crippen molar-refractivity contribution in [1.29, 1.82) is 0 Å². The van der Waals surface area contributed by atoms with Gasteiger partial charge in [-0.1, -0.05) is 35.9 Å². The minimum absolute atomic E-state index is 0.0644. The van der Waals surface area contributed by atoms with E-state index >= 15 is 0 Å². The molecule has 0 saturated carbocycles. The number of esters is 1. The predicted octanol–water partition coefficient (Wildman–Crippen LogP) is 3.41. The minimum Gasteiger partial charge on any atom is -0.484 e. The lowest BCUT2D eigenvalue weighted by Crippen LogP contribution is -2.34. The highest BCUT2D eigenvalue weighted by atomic mass is 16.5. The summed E-state index contributed by atoms with van der Waals surface area (Å²) < 4.78 is 10.3. The first-order valence-electron chi connectivity index (χ1n) is 8.52. The fourth-order valence-electron chi connectivity index (χ4n) is 2.49. The van der Waals surface area contributed by atoms with Crippen LogP contribution in [0.5, 0.6) is 5.75 Å². The number of nitrogens with one attached hydrogen (secondary N) is 1. The molecule has 2 rings (SSSR count). The zero-order valence-electron chi connectivity index (χ0n) is 15.7. The van der Waals surface area contributed by atoms with Crippen LogP contribution in [0.4, 0.5) is 0 Å². The Morgan fingerprint density at radius 3 is 2.31 bits per heavy atom. The van der Waals surface area contributed by atoms with Crippen LogP contribution in [0.25, 0.3) is 0 Å². The third-order valence-electron chi connectivity index (χ3n) is 4.26. The lowest BCUT2D eigenvalue weighted by atomic mass is 10.0. The predicted molar refractivity (Wildman–Crippen MR) is 100 cm³/mol. The molecule has 5 heteroatoms. The standard InChI is InChI=1S/C21H25NO4/c1-14-5-8-17(9-6-14)19(12-21(24)25-4)22-20(23)13-26-18-10-7-15(2)16(3)11-18/h5-11,19H,12-13H2,1-4H3,(H,22,23). The third-order valence-corrected chi connectivity index (χ3v) is 4.26. The number of hydrogen-bond donors (Lipinski definition) is 1. The van der Waals surface area contributed by atoms with Crippen molar-refractivity contribution in [2.24, 2.45) is 0 Å². The van der Waals surface area contributed by atoms with Gasteiger partial charge in [-0.25, -0.2) is 0 Å². The number of amides is 1. The van der Waals surface area contributed by atoms with E-state index in [2.05, 4.69) is 5.32 Å². The van der Waals surface area contributed by atoms with Crippen LogP contribution in [-0.4, -0.2) is 25.6 Å². The molecule has 0 aliphatic rings. The maximum atomic E-state index is 12.3. The second-order valence-electron chi connectivity index (χ2n) is 6.35. The van der Waals surface area contributed by atoms with E-state index in [1.165, 1.54) is 12.7 Å². The number of hydrogen-bond acceptors (Lipinski definition) is 4. The van der Waals surface area contributed by atoms with Gasteiger partial charge in [0.25, 0.3) is 5.91 Å². The van der Waals surface area contributed by atoms with Gasteiger partial charge in [0.2, 0.25) is 0 Å². The largest absolute Gasteiger partial charge is 0.484 e. The lowest BCUT2D eigenvalue weighted by Gasteiger charge is -2.19. The highest BCUT2D eigenvalue weighted by Crippen LogP contribution is 2.19. The quantitative estimate of drug-likeness (QED) is 0.773. The SMILES string of the molecule is COC(=O)CC(NC(=O)COc1ccc(C)c(C)c1)c1ccc(C)cc1. The van der Waals surface area contributed by atoms with Gasteiger partial charge in [-0.2, -0.15) is 0 Å². The smallest absolute Gasteiger partial charge is 0.307 e. The Hall–Kier alpha value is -2.82. The van der Waals surface area contributed by atoms with Gasteiger partial charge in [-0.15, -0.1) is 0 Å². The highest BCUT2D eigenvalue weighted by Gasteiger charge is 2.19. The molecule has 0 fully saturated rings. The van der Waals surface area contributed by atoms with Crippen LogP contribution in [-0.2, 0) is 14.3 Å². The Labute approximate surface area is 154 Å². The molecule has 138 valence electrons. The van der Waals surface area contributed by atoms with Gasteiger partial charge >= 0.3 is 5.97 Å². The van der Waals surface area contributed by atoms with Gasteiger partial charge in [-0.3, -0.25) is 9.59 Å². The van der Waals surface area contributed by atoms with E-state index in [-0.39, 0.29) is 24.9 Å². The van der Waals surface area contributed by atoms with Crippen LogP contribution in [0.1, 0.15) is 34.7 Å². The van der Waals surface area contributed by atoms with Crippen molar-refractivity contribution in [3.8, 4) is 5.75 Å². The molecule has 1 amide bonds. The van der Waals surface area contributed by atoms with Gasteiger partial charge < -0.3 is 14.8 Å². The normalized spacial score (nSPS) is 11.5. The number of rotatable bonds is 7. The summed E-state index contributed by atoms with van der Waals surface area (Å²) in [7, 11) is 1.33. The molecule has 0 saturated heterocycles. The number of aryl methyl sites for hydroxylation is 3. The topological polar surface area (TPSA) is 64.6 Å². The molecule has 1 unspecified atom stereocenters. The Morgan fingerprint density at radius 2 is 1.69 bits per heavy atom. The maximum absolute atomic E-state index is 12.3. The molecule has 0 bridgehead atoms. The monoisotopic (exact) mass is 355 g/mol. The minimum atomic E-state index is -0.459. The zero-order chi connectivity index (χ0) is 19.1. The number of ether oxygens (including phenoxy) is 2. The van der Waals surface area contributed by atoms with E-state index in [1.54, 1.807) is 0 Å². The molecular formula is C21H25NO4. The molecule has 1 atom stereocenters. The molecule has 0 aliphatic carbocycles. The van der Waals surface area contributed by atoms with Gasteiger partial charge in [0.15, 0.2) is 6.61 Å². The molecule has 1 N–H and O–H groups in total. The molecule has 2 aromatic rings. The average Bonchev–Trinajstić information content (AvgIpc) is 2.62. The van der Waals surface area contributed by atoms with Crippen LogP contribution < -0.4 is 10.1 Å². The van der Waals surface area contributed by atoms with E-state index in [0.717, 1.165) is 16.7 Å². The van der Waals surface area contributed by atoms with E-state index in [0.29, 0.717) is 5.75 Å². The van der Waals surface area contributed by atoms with E-state index in [1.807, 2.05) is 63.2 Å². The second kappa shape index (κ2) is 9.04. The summed E-state index contributed by atoms with van der Waals surface area (Å²) >= 11 is 0. The van der Waals surface area contributed by atoms with Crippen LogP contribution in [0.15, 0.2) is 42.5 Å². The van der Waals surface area contributed by atoms with Crippen molar-refractivity contribution in [3.05, 3.63) is 64.7 Å². The van der Waals surface area contributed by atoms with Crippen molar-refractivity contribution < 1.29 is 19.1 Å². The van der Waals surface area contributed by atoms with E-state index in [9.17, 15) is 9.59 Å². The average molecular weight is 355 g/mol. The van der Waals surface area contributed by atoms with Crippen molar-refractivity contribution in [2.45, 2.75) is 33.2 Å². The Morgan fingerprint density at radius 1 is 1.00 bits per heavy atom. The Kier molecular flexibility index (Phi) is 6.78. The molecule has 5 nitrogen and oxygen atoms in total. The van der Waals surface area contributed by atoms with Crippen LogP contribution >= 0.6 is 0 Å². The summed E-state index contributed by atoms with van der Waals surface area (Å²) in [6.45, 7) is 5.87. The highest BCUT2D eigenvalue weighted by molar-refractivity contribution is 5.79. The first kappa shape index (κ1) is 19.5. The van der Waals surface area contributed by atoms with E-state index in [4.69, 9.17) is 9.47 Å². The van der Waals surface area contributed by atoms with E-state index < -0.39 is 6.04 Å². The Balaban J connectivity index is 2.01. The summed E-state index contributed by atoms with van der Waals surface area (Å²) in [5.74, 6) is -0.0354. The van der Waals surface area contributed by atoms with Crippen LogP contribution in [0.3, 0.4) is 0 Å². The molecule has 0 heterocycles. The Bertz CT molecular complexity index is 768. The molecule has 26 heavy (non-hydrogen) atoms. The summed E-state index contributed by atoms with van der Waals surface area (Å²) in [6.07, 6.45) is 0.0644. The van der Waals surface area contributed by atoms with Crippen molar-refractivity contribution >= 4 is 11.9 Å². The lowest BCUT2D eigenvalue weighted by molar-refractivity contribution is -0.141. The summed E-state index contributed by atoms with van der Waals surface area (Å²) in [5, 5.41) is 2.85. The zero-order valence-corrected chi connectivity index (χ0v) is 15.7. The van der Waals surface area contributed by atoms with Crippen LogP contribution in [0.2, 0.25) is 0 Å². The van der Waals surface area contributed by atoms with Crippen molar-refractivity contribution in [3.63, 3.8) is 0 Å². The summed E-state index contributed by atoms with van der Waals surface area (Å²) in [6, 6.07) is 12.9. The van der Waals surface area contributed by atoms with Gasteiger partial charge in [-0.05, 0) is 49.6 Å². The summed E-state index contributed by atoms with van der Waals surface area (Å²) in [4.78, 5) is 24.0. The third kappa shape index (κ3) is 5.62. The molecule has 0 spiro atoms. The van der Waals surface area contributed by atoms with Gasteiger partial charge in [0.05, 0.1) is 19.6 Å². The number of methoxy groups -OCH3 is 1. The fraction of sp³-hybridized carbons (Fsp3) is 0.333. The van der Waals surface area contributed by atoms with Gasteiger partial charge in [0, 0.05) is 0 Å². The molecule has 2 aromatic carbocycles. The summed E-state index contributed by atoms with van der Waals surface area (Å²) in [5.41, 5.74) is 4.22. The molecule has 0 aliphatic heterocycles. The number of carbonyl (C=O) groups is 2. The van der Waals surface area contributed by atoms with Crippen molar-refractivity contribution in [1.82, 2.24) is 5.32 Å².